The van der Waals surface area contributed by atoms with Crippen LogP contribution in [0, 0.1) is 12.3 Å². The third-order valence-electron chi connectivity index (χ3n) is 2.43. The second kappa shape index (κ2) is 8.64. The van der Waals surface area contributed by atoms with Gasteiger partial charge in [-0.1, -0.05) is 23.2 Å². The average Bonchev–Trinajstić information content (AvgIpc) is 2.45. The predicted molar refractivity (Wildman–Crippen MR) is 82.2 cm³/mol. The van der Waals surface area contributed by atoms with Gasteiger partial charge in [-0.2, -0.15) is 0 Å². The van der Waals surface area contributed by atoms with Crippen molar-refractivity contribution in [3.63, 3.8) is 0 Å². The Morgan fingerprint density at radius 3 is 2.81 bits per heavy atom. The molecule has 0 aliphatic heterocycles. The minimum absolute atomic E-state index is 0.0638. The molecule has 1 aromatic rings. The van der Waals surface area contributed by atoms with Crippen molar-refractivity contribution in [3.8, 4) is 18.1 Å². The molecule has 0 saturated heterocycles. The molecule has 5 nitrogen and oxygen atoms in total. The lowest BCUT2D eigenvalue weighted by molar-refractivity contribution is -0.131. The highest BCUT2D eigenvalue weighted by Crippen LogP contribution is 2.17. The second-order valence-electron chi connectivity index (χ2n) is 4.61. The van der Waals surface area contributed by atoms with Gasteiger partial charge in [-0.3, -0.25) is 4.79 Å². The first-order valence-corrected chi connectivity index (χ1v) is 6.70. The minimum atomic E-state index is -0.715. The van der Waals surface area contributed by atoms with Crippen molar-refractivity contribution in [2.75, 3.05) is 6.54 Å². The molecule has 0 aliphatic rings. The first kappa shape index (κ1) is 16.6. The van der Waals surface area contributed by atoms with Gasteiger partial charge in [0.05, 0.1) is 18.9 Å². The number of ether oxygens (including phenoxy) is 1. The number of nitrogens with one attached hydrogen (secondary N) is 1. The van der Waals surface area contributed by atoms with Crippen LogP contribution >= 0.6 is 0 Å². The Hall–Kier alpha value is -2.48. The van der Waals surface area contributed by atoms with Crippen LogP contribution in [-0.2, 0) is 9.63 Å². The minimum Gasteiger partial charge on any atom is -0.490 e. The summed E-state index contributed by atoms with van der Waals surface area (Å²) in [4.78, 5) is 16.6. The van der Waals surface area contributed by atoms with Crippen LogP contribution in [0.15, 0.2) is 29.4 Å². The van der Waals surface area contributed by atoms with Crippen molar-refractivity contribution < 1.29 is 14.4 Å². The fraction of sp³-hybridized carbons (Fsp3) is 0.375. The number of hydrogen-bond acceptors (Lipinski definition) is 4. The maximum absolute atomic E-state index is 11.5. The number of hydrogen-bond donors (Lipinski definition) is 1. The van der Waals surface area contributed by atoms with E-state index in [1.807, 2.05) is 38.1 Å². The SMILES string of the molecule is C#CCNC(=O)C(C)O/N=C/c1ccccc1OC(C)C. The molecule has 1 N–H and O–H groups in total. The fourth-order valence-corrected chi connectivity index (χ4v) is 1.46. The molecule has 0 aliphatic carbocycles. The number of para-hydroxylation sites is 1. The lowest BCUT2D eigenvalue weighted by Crippen LogP contribution is -2.33. The Labute approximate surface area is 125 Å². The van der Waals surface area contributed by atoms with Crippen molar-refractivity contribution in [1.82, 2.24) is 5.32 Å². The Morgan fingerprint density at radius 1 is 1.43 bits per heavy atom. The van der Waals surface area contributed by atoms with Gasteiger partial charge in [-0.05, 0) is 32.9 Å². The molecule has 5 heteroatoms. The van der Waals surface area contributed by atoms with Crippen LogP contribution in [0.3, 0.4) is 0 Å². The van der Waals surface area contributed by atoms with E-state index in [0.29, 0.717) is 5.75 Å². The van der Waals surface area contributed by atoms with Crippen LogP contribution in [0.25, 0.3) is 0 Å². The maximum atomic E-state index is 11.5. The normalized spacial score (nSPS) is 12.0. The summed E-state index contributed by atoms with van der Waals surface area (Å²) in [6.07, 6.45) is 5.93. The Bertz CT molecular complexity index is 533. The van der Waals surface area contributed by atoms with Gasteiger partial charge in [0.1, 0.15) is 5.75 Å². The Balaban J connectivity index is 2.61. The van der Waals surface area contributed by atoms with Crippen molar-refractivity contribution in [1.29, 1.82) is 0 Å². The summed E-state index contributed by atoms with van der Waals surface area (Å²) in [7, 11) is 0. The van der Waals surface area contributed by atoms with Gasteiger partial charge in [-0.15, -0.1) is 6.42 Å². The largest absolute Gasteiger partial charge is 0.490 e. The van der Waals surface area contributed by atoms with E-state index in [-0.39, 0.29) is 18.6 Å². The van der Waals surface area contributed by atoms with Crippen LogP contribution < -0.4 is 10.1 Å². The Kier molecular flexibility index (Phi) is 6.82. The monoisotopic (exact) mass is 288 g/mol. The molecule has 1 atom stereocenters. The molecule has 112 valence electrons. The molecule has 1 unspecified atom stereocenters. The van der Waals surface area contributed by atoms with Crippen molar-refractivity contribution >= 4 is 12.1 Å². The standard InChI is InChI=1S/C16H20N2O3/c1-5-10-17-16(19)13(4)21-18-11-14-8-6-7-9-15(14)20-12(2)3/h1,6-9,11-13H,10H2,2-4H3,(H,17,19)/b18-11+. The number of nitrogens with zero attached hydrogens (tertiary/aromatic N) is 1. The molecule has 1 aromatic carbocycles. The summed E-state index contributed by atoms with van der Waals surface area (Å²) in [6.45, 7) is 5.66. The van der Waals surface area contributed by atoms with Gasteiger partial charge in [-0.25, -0.2) is 0 Å². The zero-order valence-electron chi connectivity index (χ0n) is 12.5. The van der Waals surface area contributed by atoms with E-state index in [0.717, 1.165) is 5.56 Å². The summed E-state index contributed by atoms with van der Waals surface area (Å²) in [5.74, 6) is 2.72. The summed E-state index contributed by atoms with van der Waals surface area (Å²) in [6, 6.07) is 7.46. The van der Waals surface area contributed by atoms with Crippen LogP contribution in [0.5, 0.6) is 5.75 Å². The highest BCUT2D eigenvalue weighted by molar-refractivity contribution is 5.83. The molecular weight excluding hydrogens is 268 g/mol. The van der Waals surface area contributed by atoms with E-state index in [1.165, 1.54) is 6.21 Å². The molecule has 0 heterocycles. The Morgan fingerprint density at radius 2 is 2.14 bits per heavy atom. The van der Waals surface area contributed by atoms with E-state index >= 15 is 0 Å². The highest BCUT2D eigenvalue weighted by atomic mass is 16.6. The third kappa shape index (κ3) is 6.00. The smallest absolute Gasteiger partial charge is 0.264 e. The topological polar surface area (TPSA) is 59.9 Å². The summed E-state index contributed by atoms with van der Waals surface area (Å²) in [5.41, 5.74) is 0.780. The van der Waals surface area contributed by atoms with E-state index in [1.54, 1.807) is 6.92 Å². The number of carbonyl (C=O) groups is 1. The van der Waals surface area contributed by atoms with Crippen molar-refractivity contribution in [2.45, 2.75) is 33.0 Å². The lowest BCUT2D eigenvalue weighted by Gasteiger charge is -2.12. The third-order valence-corrected chi connectivity index (χ3v) is 2.43. The molecular formula is C16H20N2O3. The van der Waals surface area contributed by atoms with Gasteiger partial charge in [0.25, 0.3) is 5.91 Å². The zero-order chi connectivity index (χ0) is 15.7. The average molecular weight is 288 g/mol. The summed E-state index contributed by atoms with van der Waals surface area (Å²) in [5, 5.41) is 6.34. The van der Waals surface area contributed by atoms with Gasteiger partial charge in [0, 0.05) is 5.56 Å². The summed E-state index contributed by atoms with van der Waals surface area (Å²) < 4.78 is 5.66. The van der Waals surface area contributed by atoms with E-state index < -0.39 is 6.10 Å². The number of oxime groups is 1. The van der Waals surface area contributed by atoms with Crippen molar-refractivity contribution in [3.05, 3.63) is 29.8 Å². The lowest BCUT2D eigenvalue weighted by atomic mass is 10.2. The van der Waals surface area contributed by atoms with E-state index in [2.05, 4.69) is 16.4 Å². The van der Waals surface area contributed by atoms with E-state index in [4.69, 9.17) is 16.0 Å². The number of terminal acetylenes is 1. The van der Waals surface area contributed by atoms with Gasteiger partial charge < -0.3 is 14.9 Å². The molecule has 0 radical (unpaired) electrons. The van der Waals surface area contributed by atoms with Crippen molar-refractivity contribution in [2.24, 2.45) is 5.16 Å². The highest BCUT2D eigenvalue weighted by Gasteiger charge is 2.12. The molecule has 0 spiro atoms. The first-order chi connectivity index (χ1) is 10.0. The molecule has 1 amide bonds. The van der Waals surface area contributed by atoms with Crippen LogP contribution in [-0.4, -0.2) is 30.9 Å². The van der Waals surface area contributed by atoms with Gasteiger partial charge in [0.15, 0.2) is 0 Å². The molecule has 21 heavy (non-hydrogen) atoms. The quantitative estimate of drug-likeness (QED) is 0.474. The molecule has 0 bridgehead atoms. The molecule has 0 fully saturated rings. The molecule has 1 rings (SSSR count). The second-order valence-corrected chi connectivity index (χ2v) is 4.61. The molecule has 0 saturated carbocycles. The summed E-state index contributed by atoms with van der Waals surface area (Å²) >= 11 is 0. The van der Waals surface area contributed by atoms with Crippen LogP contribution in [0.2, 0.25) is 0 Å². The van der Waals surface area contributed by atoms with Crippen LogP contribution in [0.1, 0.15) is 26.3 Å². The van der Waals surface area contributed by atoms with Gasteiger partial charge in [0.2, 0.25) is 6.10 Å². The first-order valence-electron chi connectivity index (χ1n) is 6.70. The number of amides is 1. The van der Waals surface area contributed by atoms with E-state index in [9.17, 15) is 4.79 Å². The zero-order valence-corrected chi connectivity index (χ0v) is 12.5. The predicted octanol–water partition coefficient (Wildman–Crippen LogP) is 1.96. The number of rotatable bonds is 7. The number of benzene rings is 1. The fourth-order valence-electron chi connectivity index (χ4n) is 1.46. The molecule has 0 aromatic heterocycles. The van der Waals surface area contributed by atoms with Gasteiger partial charge >= 0.3 is 0 Å². The number of carbonyl (C=O) groups excluding carboxylic acids is 1. The van der Waals surface area contributed by atoms with Crippen LogP contribution in [0.4, 0.5) is 0 Å². The maximum Gasteiger partial charge on any atom is 0.264 e.